The molecule has 0 aliphatic heterocycles. The van der Waals surface area contributed by atoms with Gasteiger partial charge in [-0.1, -0.05) is 17.7 Å². The van der Waals surface area contributed by atoms with Crippen LogP contribution in [0.3, 0.4) is 0 Å². The molecule has 18 heavy (non-hydrogen) atoms. The average Bonchev–Trinajstić information content (AvgIpc) is 2.61. The van der Waals surface area contributed by atoms with Crippen molar-refractivity contribution in [3.05, 3.63) is 45.7 Å². The summed E-state index contributed by atoms with van der Waals surface area (Å²) in [7, 11) is 1.94. The van der Waals surface area contributed by atoms with Crippen LogP contribution in [0.1, 0.15) is 22.5 Å². The molecular weight excluding hydrogens is 246 g/mol. The van der Waals surface area contributed by atoms with Crippen molar-refractivity contribution >= 4 is 11.6 Å². The fourth-order valence-electron chi connectivity index (χ4n) is 2.07. The summed E-state index contributed by atoms with van der Waals surface area (Å²) in [6, 6.07) is 6.02. The van der Waals surface area contributed by atoms with Gasteiger partial charge in [0.15, 0.2) is 0 Å². The molecule has 0 spiro atoms. The summed E-state index contributed by atoms with van der Waals surface area (Å²) >= 11 is 6.17. The average molecular weight is 264 g/mol. The highest BCUT2D eigenvalue weighted by molar-refractivity contribution is 6.31. The zero-order chi connectivity index (χ0) is 13.3. The molecule has 0 bridgehead atoms. The smallest absolute Gasteiger partial charge is 0.0663 e. The zero-order valence-electron chi connectivity index (χ0n) is 11.2. The van der Waals surface area contributed by atoms with Crippen molar-refractivity contribution in [1.82, 2.24) is 15.1 Å². The summed E-state index contributed by atoms with van der Waals surface area (Å²) in [5.41, 5.74) is 5.54. The fourth-order valence-corrected chi connectivity index (χ4v) is 2.25. The Hall–Kier alpha value is -1.32. The van der Waals surface area contributed by atoms with E-state index in [1.807, 2.05) is 43.8 Å². The van der Waals surface area contributed by atoms with Crippen LogP contribution in [-0.4, -0.2) is 16.8 Å². The van der Waals surface area contributed by atoms with Gasteiger partial charge in [-0.15, -0.1) is 0 Å². The third-order valence-electron chi connectivity index (χ3n) is 3.19. The molecule has 0 radical (unpaired) electrons. The number of aryl methyl sites for hydroxylation is 2. The molecule has 2 rings (SSSR count). The molecule has 0 amide bonds. The minimum Gasteiger partial charge on any atom is -0.316 e. The number of halogens is 1. The standard InChI is InChI=1S/C14H18ClN3/c1-9-5-6-12(7-14(9)15)18-11(3)13(8-16-4)10(2)17-18/h5-7,16H,8H2,1-4H3. The van der Waals surface area contributed by atoms with Crippen LogP contribution < -0.4 is 5.32 Å². The first-order chi connectivity index (χ1) is 8.54. The zero-order valence-corrected chi connectivity index (χ0v) is 12.0. The maximum Gasteiger partial charge on any atom is 0.0663 e. The van der Waals surface area contributed by atoms with E-state index in [9.17, 15) is 0 Å². The van der Waals surface area contributed by atoms with E-state index >= 15 is 0 Å². The second-order valence-electron chi connectivity index (χ2n) is 4.52. The maximum atomic E-state index is 6.17. The van der Waals surface area contributed by atoms with E-state index in [0.717, 1.165) is 34.2 Å². The molecule has 0 saturated carbocycles. The van der Waals surface area contributed by atoms with Gasteiger partial charge in [0.25, 0.3) is 0 Å². The molecule has 1 aromatic heterocycles. The third-order valence-corrected chi connectivity index (χ3v) is 3.60. The highest BCUT2D eigenvalue weighted by Crippen LogP contribution is 2.22. The normalized spacial score (nSPS) is 10.9. The summed E-state index contributed by atoms with van der Waals surface area (Å²) in [5, 5.41) is 8.53. The molecule has 1 heterocycles. The molecule has 4 heteroatoms. The van der Waals surface area contributed by atoms with Gasteiger partial charge in [0.1, 0.15) is 0 Å². The molecule has 1 aromatic carbocycles. The molecule has 0 saturated heterocycles. The Balaban J connectivity index is 2.50. The predicted octanol–water partition coefficient (Wildman–Crippen LogP) is 3.17. The van der Waals surface area contributed by atoms with Crippen LogP contribution in [0.25, 0.3) is 5.69 Å². The van der Waals surface area contributed by atoms with Gasteiger partial charge in [0.05, 0.1) is 11.4 Å². The number of benzene rings is 1. The van der Waals surface area contributed by atoms with Crippen molar-refractivity contribution in [3.63, 3.8) is 0 Å². The van der Waals surface area contributed by atoms with Gasteiger partial charge in [-0.3, -0.25) is 0 Å². The van der Waals surface area contributed by atoms with E-state index in [-0.39, 0.29) is 0 Å². The van der Waals surface area contributed by atoms with Crippen molar-refractivity contribution in [2.75, 3.05) is 7.05 Å². The van der Waals surface area contributed by atoms with Crippen molar-refractivity contribution < 1.29 is 0 Å². The highest BCUT2D eigenvalue weighted by Gasteiger charge is 2.12. The second kappa shape index (κ2) is 5.12. The van der Waals surface area contributed by atoms with E-state index < -0.39 is 0 Å². The lowest BCUT2D eigenvalue weighted by atomic mass is 10.2. The van der Waals surface area contributed by atoms with Crippen LogP contribution in [0.2, 0.25) is 5.02 Å². The summed E-state index contributed by atoms with van der Waals surface area (Å²) < 4.78 is 1.95. The van der Waals surface area contributed by atoms with Gasteiger partial charge < -0.3 is 5.32 Å². The molecule has 2 aromatic rings. The van der Waals surface area contributed by atoms with Crippen LogP contribution in [0.4, 0.5) is 0 Å². The lowest BCUT2D eigenvalue weighted by Gasteiger charge is -2.07. The number of rotatable bonds is 3. The van der Waals surface area contributed by atoms with Crippen LogP contribution in [0, 0.1) is 20.8 Å². The Labute approximate surface area is 113 Å². The van der Waals surface area contributed by atoms with Crippen LogP contribution >= 0.6 is 11.6 Å². The van der Waals surface area contributed by atoms with Crippen LogP contribution in [0.15, 0.2) is 18.2 Å². The Kier molecular flexibility index (Phi) is 3.73. The summed E-state index contributed by atoms with van der Waals surface area (Å²) in [5.74, 6) is 0. The SMILES string of the molecule is CNCc1c(C)nn(-c2ccc(C)c(Cl)c2)c1C. The molecule has 0 unspecified atom stereocenters. The molecule has 0 fully saturated rings. The van der Waals surface area contributed by atoms with Crippen molar-refractivity contribution in [2.45, 2.75) is 27.3 Å². The lowest BCUT2D eigenvalue weighted by molar-refractivity contribution is 0.801. The van der Waals surface area contributed by atoms with Crippen molar-refractivity contribution in [3.8, 4) is 5.69 Å². The van der Waals surface area contributed by atoms with Gasteiger partial charge in [0.2, 0.25) is 0 Å². The van der Waals surface area contributed by atoms with E-state index in [2.05, 4.69) is 17.3 Å². The number of aromatic nitrogens is 2. The number of hydrogen-bond acceptors (Lipinski definition) is 2. The molecule has 0 aliphatic rings. The highest BCUT2D eigenvalue weighted by atomic mass is 35.5. The molecule has 0 aliphatic carbocycles. The Bertz CT molecular complexity index is 573. The summed E-state index contributed by atoms with van der Waals surface area (Å²) in [6.07, 6.45) is 0. The Morgan fingerprint density at radius 3 is 2.61 bits per heavy atom. The van der Waals surface area contributed by atoms with Gasteiger partial charge >= 0.3 is 0 Å². The second-order valence-corrected chi connectivity index (χ2v) is 4.93. The quantitative estimate of drug-likeness (QED) is 0.922. The molecule has 96 valence electrons. The first-order valence-electron chi connectivity index (χ1n) is 6.00. The Morgan fingerprint density at radius 2 is 2.00 bits per heavy atom. The third kappa shape index (κ3) is 2.28. The van der Waals surface area contributed by atoms with Gasteiger partial charge in [0, 0.05) is 22.8 Å². The van der Waals surface area contributed by atoms with Crippen LogP contribution in [-0.2, 0) is 6.54 Å². The first-order valence-corrected chi connectivity index (χ1v) is 6.38. The minimum absolute atomic E-state index is 0.773. The number of nitrogens with zero attached hydrogens (tertiary/aromatic N) is 2. The van der Waals surface area contributed by atoms with Crippen molar-refractivity contribution in [2.24, 2.45) is 0 Å². The number of nitrogens with one attached hydrogen (secondary N) is 1. The first kappa shape index (κ1) is 13.1. The van der Waals surface area contributed by atoms with Crippen LogP contribution in [0.5, 0.6) is 0 Å². The lowest BCUT2D eigenvalue weighted by Crippen LogP contribution is -2.07. The van der Waals surface area contributed by atoms with E-state index in [1.54, 1.807) is 0 Å². The molecule has 3 nitrogen and oxygen atoms in total. The summed E-state index contributed by atoms with van der Waals surface area (Å²) in [6.45, 7) is 6.95. The van der Waals surface area contributed by atoms with Crippen molar-refractivity contribution in [1.29, 1.82) is 0 Å². The largest absolute Gasteiger partial charge is 0.316 e. The monoisotopic (exact) mass is 263 g/mol. The van der Waals surface area contributed by atoms with E-state index in [0.29, 0.717) is 0 Å². The summed E-state index contributed by atoms with van der Waals surface area (Å²) in [4.78, 5) is 0. The predicted molar refractivity (Wildman–Crippen MR) is 75.5 cm³/mol. The van der Waals surface area contributed by atoms with E-state index in [4.69, 9.17) is 11.6 Å². The van der Waals surface area contributed by atoms with E-state index in [1.165, 1.54) is 5.56 Å². The van der Waals surface area contributed by atoms with Gasteiger partial charge in [-0.2, -0.15) is 5.10 Å². The maximum absolute atomic E-state index is 6.17. The molecule has 0 atom stereocenters. The molecular formula is C14H18ClN3. The van der Waals surface area contributed by atoms with Gasteiger partial charge in [-0.05, 0) is 45.5 Å². The minimum atomic E-state index is 0.773. The fraction of sp³-hybridized carbons (Fsp3) is 0.357. The van der Waals surface area contributed by atoms with Gasteiger partial charge in [-0.25, -0.2) is 4.68 Å². The Morgan fingerprint density at radius 1 is 1.28 bits per heavy atom. The molecule has 1 N–H and O–H groups in total. The topological polar surface area (TPSA) is 29.9 Å². The number of hydrogen-bond donors (Lipinski definition) is 1.